The van der Waals surface area contributed by atoms with Crippen LogP contribution in [0, 0.1) is 0 Å². The third-order valence-corrected chi connectivity index (χ3v) is 3.45. The van der Waals surface area contributed by atoms with Crippen LogP contribution in [-0.4, -0.2) is 26.2 Å². The minimum Gasteiger partial charge on any atom is -0.354 e. The first-order chi connectivity index (χ1) is 8.30. The Kier molecular flexibility index (Phi) is 5.13. The molecular formula is C11H15ClN2O3S. The van der Waals surface area contributed by atoms with E-state index >= 15 is 0 Å². The van der Waals surface area contributed by atoms with Crippen molar-refractivity contribution in [3.05, 3.63) is 29.8 Å². The van der Waals surface area contributed by atoms with Crippen LogP contribution in [0.2, 0.25) is 0 Å². The monoisotopic (exact) mass is 290 g/mol. The SMILES string of the molecule is C[C@@H](Cl)C(=O)NCCc1ccc(S(N)(=O)=O)cc1. The Balaban J connectivity index is 2.53. The molecule has 0 saturated carbocycles. The summed E-state index contributed by atoms with van der Waals surface area (Å²) in [5.74, 6) is -0.224. The normalized spacial score (nSPS) is 13.1. The van der Waals surface area contributed by atoms with E-state index in [2.05, 4.69) is 5.32 Å². The first kappa shape index (κ1) is 14.9. The summed E-state index contributed by atoms with van der Waals surface area (Å²) in [5.41, 5.74) is 0.907. The quantitative estimate of drug-likeness (QED) is 0.779. The van der Waals surface area contributed by atoms with Crippen molar-refractivity contribution in [3.8, 4) is 0 Å². The molecule has 0 aromatic heterocycles. The minimum absolute atomic E-state index is 0.0738. The van der Waals surface area contributed by atoms with Crippen molar-refractivity contribution in [2.24, 2.45) is 5.14 Å². The number of carbonyl (C=O) groups is 1. The van der Waals surface area contributed by atoms with Gasteiger partial charge in [-0.15, -0.1) is 11.6 Å². The third kappa shape index (κ3) is 4.64. The van der Waals surface area contributed by atoms with Crippen LogP contribution in [0.5, 0.6) is 0 Å². The molecule has 3 N–H and O–H groups in total. The first-order valence-corrected chi connectivity index (χ1v) is 7.32. The molecule has 1 aromatic rings. The highest BCUT2D eigenvalue weighted by Crippen LogP contribution is 2.08. The van der Waals surface area contributed by atoms with Crippen molar-refractivity contribution >= 4 is 27.5 Å². The van der Waals surface area contributed by atoms with Gasteiger partial charge in [-0.25, -0.2) is 13.6 Å². The van der Waals surface area contributed by atoms with E-state index in [1.807, 2.05) is 0 Å². The Morgan fingerprint density at radius 1 is 1.39 bits per heavy atom. The number of alkyl halides is 1. The maximum atomic E-state index is 11.2. The number of benzene rings is 1. The fourth-order valence-electron chi connectivity index (χ4n) is 1.32. The second-order valence-electron chi connectivity index (χ2n) is 3.85. The van der Waals surface area contributed by atoms with Gasteiger partial charge in [-0.3, -0.25) is 4.79 Å². The zero-order valence-electron chi connectivity index (χ0n) is 9.89. The molecule has 0 unspecified atom stereocenters. The zero-order valence-corrected chi connectivity index (χ0v) is 11.5. The predicted molar refractivity (Wildman–Crippen MR) is 69.8 cm³/mol. The van der Waals surface area contributed by atoms with Crippen LogP contribution in [0.3, 0.4) is 0 Å². The lowest BCUT2D eigenvalue weighted by molar-refractivity contribution is -0.120. The van der Waals surface area contributed by atoms with Crippen LogP contribution in [0.4, 0.5) is 0 Å². The van der Waals surface area contributed by atoms with Crippen LogP contribution in [0.25, 0.3) is 0 Å². The second kappa shape index (κ2) is 6.17. The number of rotatable bonds is 5. The topological polar surface area (TPSA) is 89.3 Å². The van der Waals surface area contributed by atoms with Gasteiger partial charge >= 0.3 is 0 Å². The van der Waals surface area contributed by atoms with Crippen LogP contribution in [0.1, 0.15) is 12.5 Å². The molecule has 0 aliphatic heterocycles. The molecule has 0 aliphatic rings. The summed E-state index contributed by atoms with van der Waals surface area (Å²) < 4.78 is 22.1. The van der Waals surface area contributed by atoms with E-state index in [1.54, 1.807) is 19.1 Å². The van der Waals surface area contributed by atoms with Gasteiger partial charge in [0.05, 0.1) is 4.90 Å². The predicted octanol–water partition coefficient (Wildman–Crippen LogP) is 0.620. The molecule has 0 heterocycles. The molecule has 7 heteroatoms. The molecule has 18 heavy (non-hydrogen) atoms. The van der Waals surface area contributed by atoms with Gasteiger partial charge in [0.25, 0.3) is 0 Å². The second-order valence-corrected chi connectivity index (χ2v) is 6.06. The lowest BCUT2D eigenvalue weighted by atomic mass is 10.1. The maximum absolute atomic E-state index is 11.2. The highest BCUT2D eigenvalue weighted by molar-refractivity contribution is 7.89. The van der Waals surface area contributed by atoms with E-state index in [1.165, 1.54) is 12.1 Å². The molecule has 0 saturated heterocycles. The van der Waals surface area contributed by atoms with Crippen molar-refractivity contribution in [3.63, 3.8) is 0 Å². The fourth-order valence-corrected chi connectivity index (χ4v) is 1.91. The molecule has 1 rings (SSSR count). The largest absolute Gasteiger partial charge is 0.354 e. The minimum atomic E-state index is -3.65. The van der Waals surface area contributed by atoms with Gasteiger partial charge in [0.2, 0.25) is 15.9 Å². The van der Waals surface area contributed by atoms with Crippen LogP contribution in [0.15, 0.2) is 29.2 Å². The first-order valence-electron chi connectivity index (χ1n) is 5.34. The van der Waals surface area contributed by atoms with Gasteiger partial charge < -0.3 is 5.32 Å². The van der Waals surface area contributed by atoms with E-state index < -0.39 is 15.4 Å². The number of hydrogen-bond donors (Lipinski definition) is 2. The molecule has 1 amide bonds. The number of sulfonamides is 1. The molecule has 0 spiro atoms. The zero-order chi connectivity index (χ0) is 13.8. The molecule has 0 fully saturated rings. The fraction of sp³-hybridized carbons (Fsp3) is 0.364. The van der Waals surface area contributed by atoms with Crippen molar-refractivity contribution in [1.82, 2.24) is 5.32 Å². The summed E-state index contributed by atoms with van der Waals surface area (Å²) >= 11 is 5.59. The van der Waals surface area contributed by atoms with Gasteiger partial charge in [0.15, 0.2) is 0 Å². The van der Waals surface area contributed by atoms with E-state index in [9.17, 15) is 13.2 Å². The Morgan fingerprint density at radius 3 is 2.39 bits per heavy atom. The highest BCUT2D eigenvalue weighted by atomic mass is 35.5. The molecule has 5 nitrogen and oxygen atoms in total. The Hall–Kier alpha value is -1.11. The van der Waals surface area contributed by atoms with E-state index in [0.29, 0.717) is 13.0 Å². The average molecular weight is 291 g/mol. The number of amides is 1. The Bertz CT molecular complexity index is 512. The van der Waals surface area contributed by atoms with E-state index in [0.717, 1.165) is 5.56 Å². The third-order valence-electron chi connectivity index (χ3n) is 2.33. The van der Waals surface area contributed by atoms with Crippen LogP contribution in [-0.2, 0) is 21.2 Å². The van der Waals surface area contributed by atoms with Gasteiger partial charge in [-0.05, 0) is 31.0 Å². The lowest BCUT2D eigenvalue weighted by Crippen LogP contribution is -2.31. The Labute approximate surface area is 111 Å². The number of halogens is 1. The molecule has 0 radical (unpaired) electrons. The summed E-state index contributed by atoms with van der Waals surface area (Å²) in [5, 5.41) is 7.08. The smallest absolute Gasteiger partial charge is 0.238 e. The molecule has 0 bridgehead atoms. The van der Waals surface area contributed by atoms with Gasteiger partial charge in [0.1, 0.15) is 5.38 Å². The summed E-state index contributed by atoms with van der Waals surface area (Å²) in [6.45, 7) is 2.04. The standard InChI is InChI=1S/C11H15ClN2O3S/c1-8(12)11(15)14-7-6-9-2-4-10(5-3-9)18(13,16)17/h2-5,8H,6-7H2,1H3,(H,14,15)(H2,13,16,17)/t8-/m1/s1. The van der Waals surface area contributed by atoms with Crippen LogP contribution >= 0.6 is 11.6 Å². The van der Waals surface area contributed by atoms with Gasteiger partial charge in [-0.2, -0.15) is 0 Å². The molecular weight excluding hydrogens is 276 g/mol. The van der Waals surface area contributed by atoms with Crippen molar-refractivity contribution in [2.75, 3.05) is 6.54 Å². The lowest BCUT2D eigenvalue weighted by Gasteiger charge is -2.06. The number of carbonyl (C=O) groups excluding carboxylic acids is 1. The van der Waals surface area contributed by atoms with Crippen molar-refractivity contribution < 1.29 is 13.2 Å². The molecule has 100 valence electrons. The summed E-state index contributed by atoms with van der Waals surface area (Å²) in [6, 6.07) is 6.21. The van der Waals surface area contributed by atoms with E-state index in [-0.39, 0.29) is 10.8 Å². The number of hydrogen-bond acceptors (Lipinski definition) is 3. The van der Waals surface area contributed by atoms with Crippen LogP contribution < -0.4 is 10.5 Å². The summed E-state index contributed by atoms with van der Waals surface area (Å²) in [4.78, 5) is 11.3. The highest BCUT2D eigenvalue weighted by Gasteiger charge is 2.08. The van der Waals surface area contributed by atoms with E-state index in [4.69, 9.17) is 16.7 Å². The van der Waals surface area contributed by atoms with Crippen molar-refractivity contribution in [1.29, 1.82) is 0 Å². The molecule has 1 atom stereocenters. The molecule has 1 aromatic carbocycles. The maximum Gasteiger partial charge on any atom is 0.238 e. The number of primary sulfonamides is 1. The summed E-state index contributed by atoms with van der Waals surface area (Å²) in [7, 11) is -3.65. The average Bonchev–Trinajstić information content (AvgIpc) is 2.28. The Morgan fingerprint density at radius 2 is 1.94 bits per heavy atom. The number of nitrogens with two attached hydrogens (primary N) is 1. The number of nitrogens with one attached hydrogen (secondary N) is 1. The summed E-state index contributed by atoms with van der Waals surface area (Å²) in [6.07, 6.45) is 0.597. The molecule has 0 aliphatic carbocycles. The van der Waals surface area contributed by atoms with Gasteiger partial charge in [-0.1, -0.05) is 12.1 Å². The van der Waals surface area contributed by atoms with Gasteiger partial charge in [0, 0.05) is 6.54 Å². The van der Waals surface area contributed by atoms with Crippen molar-refractivity contribution in [2.45, 2.75) is 23.6 Å².